The highest BCUT2D eigenvalue weighted by Crippen LogP contribution is 2.19. The first-order chi connectivity index (χ1) is 11.1. The Bertz CT molecular complexity index is 950. The van der Waals surface area contributed by atoms with Gasteiger partial charge in [0.2, 0.25) is 5.91 Å². The zero-order valence-electron chi connectivity index (χ0n) is 12.6. The molecule has 0 spiro atoms. The number of nitrogens with one attached hydrogen (secondary N) is 2. The van der Waals surface area contributed by atoms with Gasteiger partial charge in [-0.25, -0.2) is 21.6 Å². The van der Waals surface area contributed by atoms with Gasteiger partial charge in [0.15, 0.2) is 0 Å². The fourth-order valence-corrected chi connectivity index (χ4v) is 3.86. The van der Waals surface area contributed by atoms with Crippen molar-refractivity contribution in [2.24, 2.45) is 0 Å². The van der Waals surface area contributed by atoms with Crippen molar-refractivity contribution in [3.05, 3.63) is 48.5 Å². The molecule has 1 amide bonds. The Morgan fingerprint density at radius 2 is 1.29 bits per heavy atom. The molecule has 2 aromatic rings. The third-order valence-corrected chi connectivity index (χ3v) is 5.73. The van der Waals surface area contributed by atoms with Gasteiger partial charge in [0.25, 0.3) is 20.0 Å². The zero-order chi connectivity index (χ0) is 18.0. The quantitative estimate of drug-likeness (QED) is 0.670. The molecule has 0 fully saturated rings. The lowest BCUT2D eigenvalue weighted by molar-refractivity contribution is -0.117. The van der Waals surface area contributed by atoms with E-state index >= 15 is 0 Å². The third kappa shape index (κ3) is 4.24. The Hall–Kier alpha value is -2.59. The second-order valence-electron chi connectivity index (χ2n) is 4.86. The fraction of sp³-hybridized carbons (Fsp3) is 0.0714. The van der Waals surface area contributed by atoms with Crippen molar-refractivity contribution >= 4 is 37.3 Å². The van der Waals surface area contributed by atoms with E-state index in [4.69, 9.17) is 5.73 Å². The molecule has 0 saturated carbocycles. The summed E-state index contributed by atoms with van der Waals surface area (Å²) >= 11 is 0. The topological polar surface area (TPSA) is 135 Å². The second kappa shape index (κ2) is 6.49. The standard InChI is InChI=1S/C14H15N3O5S2/c1-10(18)16-23(19,20)14-8-4-12(5-9-14)17-24(21,22)13-6-2-11(15)3-7-13/h2-9,17H,15H2,1H3,(H,16,18). The van der Waals surface area contributed by atoms with E-state index in [1.54, 1.807) is 0 Å². The highest BCUT2D eigenvalue weighted by Gasteiger charge is 2.17. The van der Waals surface area contributed by atoms with Crippen molar-refractivity contribution in [2.45, 2.75) is 16.7 Å². The molecule has 0 unspecified atom stereocenters. The summed E-state index contributed by atoms with van der Waals surface area (Å²) in [5, 5.41) is 0. The number of carbonyl (C=O) groups excluding carboxylic acids is 1. The van der Waals surface area contributed by atoms with Crippen molar-refractivity contribution in [3.8, 4) is 0 Å². The number of nitrogen functional groups attached to an aromatic ring is 1. The molecule has 2 aromatic carbocycles. The van der Waals surface area contributed by atoms with Crippen molar-refractivity contribution in [1.82, 2.24) is 4.72 Å². The summed E-state index contributed by atoms with van der Waals surface area (Å²) in [6.45, 7) is 1.08. The number of rotatable bonds is 5. The molecule has 10 heteroatoms. The molecule has 0 saturated heterocycles. The van der Waals surface area contributed by atoms with E-state index in [0.29, 0.717) is 5.69 Å². The van der Waals surface area contributed by atoms with Crippen LogP contribution in [-0.4, -0.2) is 22.7 Å². The molecular formula is C14H15N3O5S2. The Kier molecular flexibility index (Phi) is 4.81. The lowest BCUT2D eigenvalue weighted by atomic mass is 10.3. The number of carbonyl (C=O) groups is 1. The van der Waals surface area contributed by atoms with Crippen molar-refractivity contribution in [3.63, 3.8) is 0 Å². The number of anilines is 2. The Morgan fingerprint density at radius 1 is 0.833 bits per heavy atom. The predicted molar refractivity (Wildman–Crippen MR) is 89.1 cm³/mol. The van der Waals surface area contributed by atoms with Gasteiger partial charge >= 0.3 is 0 Å². The van der Waals surface area contributed by atoms with Gasteiger partial charge in [-0.1, -0.05) is 0 Å². The number of hydrogen-bond donors (Lipinski definition) is 3. The first kappa shape index (κ1) is 17.8. The number of sulfonamides is 2. The van der Waals surface area contributed by atoms with Gasteiger partial charge in [0.1, 0.15) is 0 Å². The van der Waals surface area contributed by atoms with Crippen LogP contribution in [0, 0.1) is 0 Å². The lowest BCUT2D eigenvalue weighted by Gasteiger charge is -2.09. The van der Waals surface area contributed by atoms with Crippen LogP contribution >= 0.6 is 0 Å². The third-order valence-electron chi connectivity index (χ3n) is 2.89. The molecular weight excluding hydrogens is 354 g/mol. The molecule has 0 aromatic heterocycles. The molecule has 0 aliphatic carbocycles. The zero-order valence-corrected chi connectivity index (χ0v) is 14.2. The molecule has 0 radical (unpaired) electrons. The van der Waals surface area contributed by atoms with E-state index in [1.807, 2.05) is 4.72 Å². The largest absolute Gasteiger partial charge is 0.399 e. The van der Waals surface area contributed by atoms with Gasteiger partial charge in [0.05, 0.1) is 9.79 Å². The minimum atomic E-state index is -3.97. The lowest BCUT2D eigenvalue weighted by Crippen LogP contribution is -2.28. The Labute approximate surface area is 139 Å². The van der Waals surface area contributed by atoms with Crippen molar-refractivity contribution in [2.75, 3.05) is 10.5 Å². The van der Waals surface area contributed by atoms with E-state index in [2.05, 4.69) is 4.72 Å². The van der Waals surface area contributed by atoms with Crippen LogP contribution in [-0.2, 0) is 24.8 Å². The second-order valence-corrected chi connectivity index (χ2v) is 8.23. The van der Waals surface area contributed by atoms with Gasteiger partial charge in [-0.3, -0.25) is 9.52 Å². The Balaban J connectivity index is 2.23. The average molecular weight is 369 g/mol. The van der Waals surface area contributed by atoms with Crippen LogP contribution in [0.1, 0.15) is 6.92 Å². The molecule has 0 atom stereocenters. The SMILES string of the molecule is CC(=O)NS(=O)(=O)c1ccc(NS(=O)(=O)c2ccc(N)cc2)cc1. The van der Waals surface area contributed by atoms with Crippen LogP contribution in [0.2, 0.25) is 0 Å². The summed E-state index contributed by atoms with van der Waals surface area (Å²) in [6.07, 6.45) is 0. The van der Waals surface area contributed by atoms with Crippen LogP contribution < -0.4 is 15.2 Å². The molecule has 0 aliphatic rings. The van der Waals surface area contributed by atoms with E-state index in [-0.39, 0.29) is 15.5 Å². The summed E-state index contributed by atoms with van der Waals surface area (Å²) in [5.74, 6) is -0.719. The van der Waals surface area contributed by atoms with E-state index in [1.165, 1.54) is 48.5 Å². The highest BCUT2D eigenvalue weighted by atomic mass is 32.2. The molecule has 0 heterocycles. The maximum Gasteiger partial charge on any atom is 0.264 e. The summed E-state index contributed by atoms with van der Waals surface area (Å²) in [5.41, 5.74) is 6.12. The normalized spacial score (nSPS) is 11.7. The monoisotopic (exact) mass is 369 g/mol. The fourth-order valence-electron chi connectivity index (χ4n) is 1.81. The van der Waals surface area contributed by atoms with Gasteiger partial charge in [-0.2, -0.15) is 0 Å². The van der Waals surface area contributed by atoms with E-state index in [0.717, 1.165) is 6.92 Å². The van der Waals surface area contributed by atoms with Gasteiger partial charge in [-0.05, 0) is 48.5 Å². The number of nitrogens with two attached hydrogens (primary N) is 1. The Morgan fingerprint density at radius 3 is 1.79 bits per heavy atom. The van der Waals surface area contributed by atoms with E-state index in [9.17, 15) is 21.6 Å². The summed E-state index contributed by atoms with van der Waals surface area (Å²) in [7, 11) is -7.79. The summed E-state index contributed by atoms with van der Waals surface area (Å²) in [6, 6.07) is 10.6. The summed E-state index contributed by atoms with van der Waals surface area (Å²) < 4.78 is 52.2. The van der Waals surface area contributed by atoms with Gasteiger partial charge in [-0.15, -0.1) is 0 Å². The van der Waals surface area contributed by atoms with Crippen molar-refractivity contribution < 1.29 is 21.6 Å². The minimum absolute atomic E-state index is 0.0200. The molecule has 128 valence electrons. The minimum Gasteiger partial charge on any atom is -0.399 e. The van der Waals surface area contributed by atoms with Crippen LogP contribution in [0.25, 0.3) is 0 Å². The predicted octanol–water partition coefficient (Wildman–Crippen LogP) is 0.894. The maximum atomic E-state index is 12.2. The highest BCUT2D eigenvalue weighted by molar-refractivity contribution is 7.92. The van der Waals surface area contributed by atoms with E-state index < -0.39 is 26.0 Å². The van der Waals surface area contributed by atoms with Gasteiger partial charge < -0.3 is 5.73 Å². The van der Waals surface area contributed by atoms with Crippen LogP contribution in [0.3, 0.4) is 0 Å². The molecule has 0 aliphatic heterocycles. The molecule has 24 heavy (non-hydrogen) atoms. The van der Waals surface area contributed by atoms with Crippen LogP contribution in [0.15, 0.2) is 58.3 Å². The molecule has 8 nitrogen and oxygen atoms in total. The molecule has 0 bridgehead atoms. The average Bonchev–Trinajstić information content (AvgIpc) is 2.46. The number of hydrogen-bond acceptors (Lipinski definition) is 6. The van der Waals surface area contributed by atoms with Crippen LogP contribution in [0.4, 0.5) is 11.4 Å². The van der Waals surface area contributed by atoms with Gasteiger partial charge in [0, 0.05) is 18.3 Å². The molecule has 4 N–H and O–H groups in total. The van der Waals surface area contributed by atoms with Crippen molar-refractivity contribution in [1.29, 1.82) is 0 Å². The first-order valence-corrected chi connectivity index (χ1v) is 9.59. The first-order valence-electron chi connectivity index (χ1n) is 6.62. The number of amides is 1. The smallest absolute Gasteiger partial charge is 0.264 e. The van der Waals surface area contributed by atoms with Crippen LogP contribution in [0.5, 0.6) is 0 Å². The maximum absolute atomic E-state index is 12.2. The number of benzene rings is 2. The molecule has 2 rings (SSSR count). The summed E-state index contributed by atoms with van der Waals surface area (Å²) in [4.78, 5) is 10.7.